The Balaban J connectivity index is 2.35. The van der Waals surface area contributed by atoms with Crippen molar-refractivity contribution < 1.29 is 14.6 Å². The summed E-state index contributed by atoms with van der Waals surface area (Å²) in [5, 5.41) is 10.1. The third-order valence-electron chi connectivity index (χ3n) is 4.02. The highest BCUT2D eigenvalue weighted by Crippen LogP contribution is 2.20. The molecule has 118 valence electrons. The van der Waals surface area contributed by atoms with Gasteiger partial charge in [0.15, 0.2) is 0 Å². The topological polar surface area (TPSA) is 53.0 Å². The Labute approximate surface area is 122 Å². The van der Waals surface area contributed by atoms with Crippen LogP contribution in [-0.2, 0) is 9.53 Å². The van der Waals surface area contributed by atoms with Gasteiger partial charge < -0.3 is 14.7 Å². The van der Waals surface area contributed by atoms with Gasteiger partial charge in [0.05, 0.1) is 18.6 Å². The average molecular weight is 286 g/mol. The molecule has 1 saturated heterocycles. The first-order valence-corrected chi connectivity index (χ1v) is 7.45. The maximum Gasteiger partial charge on any atom is 0.225 e. The lowest BCUT2D eigenvalue weighted by molar-refractivity contribution is -0.135. The number of piperazine rings is 1. The first-order valence-electron chi connectivity index (χ1n) is 7.45. The molecule has 0 unspecified atom stereocenters. The van der Waals surface area contributed by atoms with Gasteiger partial charge in [-0.15, -0.1) is 0 Å². The number of methoxy groups -OCH3 is 1. The zero-order chi connectivity index (χ0) is 15.3. The smallest absolute Gasteiger partial charge is 0.225 e. The molecule has 5 heteroatoms. The number of rotatable bonds is 5. The molecule has 0 saturated carbocycles. The van der Waals surface area contributed by atoms with Crippen LogP contribution < -0.4 is 0 Å². The minimum Gasteiger partial charge on any atom is -0.391 e. The Bertz CT molecular complexity index is 307. The van der Waals surface area contributed by atoms with Crippen molar-refractivity contribution >= 4 is 5.91 Å². The van der Waals surface area contributed by atoms with Crippen LogP contribution in [0.2, 0.25) is 0 Å². The zero-order valence-corrected chi connectivity index (χ0v) is 13.6. The Hall–Kier alpha value is -0.650. The van der Waals surface area contributed by atoms with E-state index in [4.69, 9.17) is 4.74 Å². The van der Waals surface area contributed by atoms with Crippen molar-refractivity contribution in [1.29, 1.82) is 0 Å². The SMILES string of the molecule is CO[C@H](C)CC(=O)N1CCN(C[C@H](O)C(C)(C)C)CC1. The van der Waals surface area contributed by atoms with Crippen molar-refractivity contribution in [2.75, 3.05) is 39.8 Å². The van der Waals surface area contributed by atoms with Crippen LogP contribution in [-0.4, -0.2) is 72.9 Å². The largest absolute Gasteiger partial charge is 0.391 e. The summed E-state index contributed by atoms with van der Waals surface area (Å²) >= 11 is 0. The highest BCUT2D eigenvalue weighted by molar-refractivity contribution is 5.76. The number of ether oxygens (including phenoxy) is 1. The summed E-state index contributed by atoms with van der Waals surface area (Å²) in [6, 6.07) is 0. The molecule has 0 radical (unpaired) electrons. The van der Waals surface area contributed by atoms with Gasteiger partial charge in [0.1, 0.15) is 0 Å². The maximum atomic E-state index is 12.0. The molecule has 0 aliphatic carbocycles. The number of aliphatic hydroxyl groups is 1. The van der Waals surface area contributed by atoms with Crippen LogP contribution in [0.25, 0.3) is 0 Å². The minimum absolute atomic E-state index is 0.0248. The quantitative estimate of drug-likeness (QED) is 0.818. The van der Waals surface area contributed by atoms with E-state index in [0.29, 0.717) is 13.0 Å². The number of carbonyl (C=O) groups is 1. The number of nitrogens with zero attached hydrogens (tertiary/aromatic N) is 2. The number of β-amino-alcohol motifs (C(OH)–C–C–N with tert-alkyl or cyclic N) is 1. The Kier molecular flexibility index (Phi) is 6.43. The van der Waals surface area contributed by atoms with Crippen molar-refractivity contribution in [3.05, 3.63) is 0 Å². The summed E-state index contributed by atoms with van der Waals surface area (Å²) < 4.78 is 5.13. The van der Waals surface area contributed by atoms with Gasteiger partial charge in [0.2, 0.25) is 5.91 Å². The molecule has 1 rings (SSSR count). The molecule has 1 N–H and O–H groups in total. The standard InChI is InChI=1S/C15H30N2O3/c1-12(20-5)10-14(19)17-8-6-16(7-9-17)11-13(18)15(2,3)4/h12-13,18H,6-11H2,1-5H3/t12-,13+/m1/s1. The second-order valence-corrected chi connectivity index (χ2v) is 6.81. The van der Waals surface area contributed by atoms with E-state index in [0.717, 1.165) is 26.2 Å². The van der Waals surface area contributed by atoms with E-state index in [1.165, 1.54) is 0 Å². The van der Waals surface area contributed by atoms with Crippen molar-refractivity contribution in [2.24, 2.45) is 5.41 Å². The molecule has 1 aliphatic rings. The van der Waals surface area contributed by atoms with Crippen LogP contribution in [0.4, 0.5) is 0 Å². The second kappa shape index (κ2) is 7.38. The van der Waals surface area contributed by atoms with Gasteiger partial charge in [-0.2, -0.15) is 0 Å². The number of amides is 1. The molecular weight excluding hydrogens is 256 g/mol. The minimum atomic E-state index is -0.335. The van der Waals surface area contributed by atoms with Crippen LogP contribution in [0.3, 0.4) is 0 Å². The number of aliphatic hydroxyl groups excluding tert-OH is 1. The van der Waals surface area contributed by atoms with Crippen molar-refractivity contribution in [3.8, 4) is 0 Å². The van der Waals surface area contributed by atoms with E-state index in [-0.39, 0.29) is 23.5 Å². The molecule has 5 nitrogen and oxygen atoms in total. The summed E-state index contributed by atoms with van der Waals surface area (Å²) in [6.45, 7) is 11.9. The third-order valence-corrected chi connectivity index (χ3v) is 4.02. The van der Waals surface area contributed by atoms with Crippen molar-refractivity contribution in [2.45, 2.75) is 46.3 Å². The highest BCUT2D eigenvalue weighted by atomic mass is 16.5. The average Bonchev–Trinajstić information content (AvgIpc) is 2.38. The van der Waals surface area contributed by atoms with E-state index in [1.807, 2.05) is 32.6 Å². The summed E-state index contributed by atoms with van der Waals surface area (Å²) in [5.41, 5.74) is -0.0964. The van der Waals surface area contributed by atoms with E-state index < -0.39 is 0 Å². The fourth-order valence-electron chi connectivity index (χ4n) is 2.16. The van der Waals surface area contributed by atoms with Gasteiger partial charge in [-0.1, -0.05) is 20.8 Å². The number of hydrogen-bond acceptors (Lipinski definition) is 4. The van der Waals surface area contributed by atoms with Crippen LogP contribution >= 0.6 is 0 Å². The Morgan fingerprint density at radius 1 is 1.25 bits per heavy atom. The molecule has 0 spiro atoms. The maximum absolute atomic E-state index is 12.0. The molecular formula is C15H30N2O3. The molecule has 20 heavy (non-hydrogen) atoms. The van der Waals surface area contributed by atoms with Crippen LogP contribution in [0, 0.1) is 5.41 Å². The van der Waals surface area contributed by atoms with Crippen molar-refractivity contribution in [3.63, 3.8) is 0 Å². The lowest BCUT2D eigenvalue weighted by Crippen LogP contribution is -2.52. The lowest BCUT2D eigenvalue weighted by atomic mass is 9.89. The zero-order valence-electron chi connectivity index (χ0n) is 13.6. The monoisotopic (exact) mass is 286 g/mol. The molecule has 0 aromatic rings. The predicted octanol–water partition coefficient (Wildman–Crippen LogP) is 0.963. The Morgan fingerprint density at radius 3 is 2.25 bits per heavy atom. The summed E-state index contributed by atoms with van der Waals surface area (Å²) in [6.07, 6.45) is 0.0858. The first-order chi connectivity index (χ1) is 9.24. The second-order valence-electron chi connectivity index (χ2n) is 6.81. The normalized spacial score (nSPS) is 20.8. The van der Waals surface area contributed by atoms with Gasteiger partial charge >= 0.3 is 0 Å². The van der Waals surface area contributed by atoms with E-state index in [2.05, 4.69) is 4.90 Å². The van der Waals surface area contributed by atoms with Crippen LogP contribution in [0.1, 0.15) is 34.1 Å². The van der Waals surface area contributed by atoms with Gasteiger partial charge in [0.25, 0.3) is 0 Å². The molecule has 1 heterocycles. The predicted molar refractivity (Wildman–Crippen MR) is 79.6 cm³/mol. The summed E-state index contributed by atoms with van der Waals surface area (Å²) in [4.78, 5) is 16.2. The molecule has 0 aromatic carbocycles. The van der Waals surface area contributed by atoms with E-state index in [9.17, 15) is 9.90 Å². The van der Waals surface area contributed by atoms with E-state index in [1.54, 1.807) is 7.11 Å². The van der Waals surface area contributed by atoms with E-state index >= 15 is 0 Å². The lowest BCUT2D eigenvalue weighted by Gasteiger charge is -2.38. The van der Waals surface area contributed by atoms with Crippen LogP contribution in [0.5, 0.6) is 0 Å². The van der Waals surface area contributed by atoms with Crippen LogP contribution in [0.15, 0.2) is 0 Å². The molecule has 1 fully saturated rings. The summed E-state index contributed by atoms with van der Waals surface area (Å²) in [7, 11) is 1.63. The highest BCUT2D eigenvalue weighted by Gasteiger charge is 2.27. The molecule has 1 aliphatic heterocycles. The van der Waals surface area contributed by atoms with Crippen molar-refractivity contribution in [1.82, 2.24) is 9.80 Å². The van der Waals surface area contributed by atoms with Gasteiger partial charge in [-0.05, 0) is 12.3 Å². The first kappa shape index (κ1) is 17.4. The molecule has 0 bridgehead atoms. The number of carbonyl (C=O) groups excluding carboxylic acids is 1. The van der Waals surface area contributed by atoms with Gasteiger partial charge in [-0.3, -0.25) is 9.69 Å². The molecule has 2 atom stereocenters. The fraction of sp³-hybridized carbons (Fsp3) is 0.933. The third kappa shape index (κ3) is 5.38. The fourth-order valence-corrected chi connectivity index (χ4v) is 2.16. The van der Waals surface area contributed by atoms with Gasteiger partial charge in [0, 0.05) is 39.8 Å². The van der Waals surface area contributed by atoms with Gasteiger partial charge in [-0.25, -0.2) is 0 Å². The Morgan fingerprint density at radius 2 is 1.80 bits per heavy atom. The molecule has 1 amide bonds. The summed E-state index contributed by atoms with van der Waals surface area (Å²) in [5.74, 6) is 0.162. The molecule has 0 aromatic heterocycles. The number of hydrogen-bond donors (Lipinski definition) is 1.